The second-order valence-electron chi connectivity index (χ2n) is 6.67. The van der Waals surface area contributed by atoms with Crippen molar-refractivity contribution >= 4 is 39.9 Å². The zero-order valence-electron chi connectivity index (χ0n) is 16.2. The second kappa shape index (κ2) is 9.85. The van der Waals surface area contributed by atoms with Gasteiger partial charge in [-0.3, -0.25) is 4.79 Å². The van der Waals surface area contributed by atoms with E-state index in [0.717, 1.165) is 27.0 Å². The van der Waals surface area contributed by atoms with Gasteiger partial charge >= 0.3 is 0 Å². The van der Waals surface area contributed by atoms with Gasteiger partial charge in [-0.2, -0.15) is 4.99 Å². The zero-order valence-corrected chi connectivity index (χ0v) is 17.8. The fourth-order valence-corrected chi connectivity index (χ4v) is 3.89. The van der Waals surface area contributed by atoms with Crippen LogP contribution in [0.5, 0.6) is 11.5 Å². The normalized spacial score (nSPS) is 15.2. The molecule has 1 amide bonds. The van der Waals surface area contributed by atoms with Gasteiger partial charge in [0.2, 0.25) is 0 Å². The molecule has 6 heteroatoms. The lowest BCUT2D eigenvalue weighted by atomic mass is 10.2. The molecule has 1 heterocycles. The van der Waals surface area contributed by atoms with Gasteiger partial charge < -0.3 is 9.47 Å². The summed E-state index contributed by atoms with van der Waals surface area (Å²) in [6, 6.07) is 15.6. The van der Waals surface area contributed by atoms with Gasteiger partial charge in [-0.1, -0.05) is 55.9 Å². The van der Waals surface area contributed by atoms with Crippen LogP contribution in [-0.4, -0.2) is 23.1 Å². The number of hydrogen-bond acceptors (Lipinski definition) is 5. The molecule has 0 N–H and O–H groups in total. The van der Waals surface area contributed by atoms with E-state index in [9.17, 15) is 4.79 Å². The maximum atomic E-state index is 11.9. The molecule has 0 fully saturated rings. The van der Waals surface area contributed by atoms with E-state index < -0.39 is 0 Å². The topological polar surface area (TPSA) is 47.9 Å². The number of carbonyl (C=O) groups excluding carboxylic acids is 1. The van der Waals surface area contributed by atoms with Crippen LogP contribution in [0.15, 0.2) is 58.4 Å². The maximum absolute atomic E-state index is 11.9. The highest BCUT2D eigenvalue weighted by Crippen LogP contribution is 2.32. The van der Waals surface area contributed by atoms with Gasteiger partial charge in [0.1, 0.15) is 22.5 Å². The number of benzene rings is 2. The Kier molecular flexibility index (Phi) is 7.23. The fourth-order valence-electron chi connectivity index (χ4n) is 2.47. The van der Waals surface area contributed by atoms with Gasteiger partial charge in [-0.15, -0.1) is 11.8 Å². The molecule has 2 aromatic carbocycles. The molecule has 28 heavy (non-hydrogen) atoms. The zero-order chi connectivity index (χ0) is 19.9. The van der Waals surface area contributed by atoms with Crippen molar-refractivity contribution in [3.63, 3.8) is 0 Å². The third-order valence-corrected chi connectivity index (χ3v) is 5.86. The summed E-state index contributed by atoms with van der Waals surface area (Å²) < 4.78 is 12.6. The van der Waals surface area contributed by atoms with Crippen LogP contribution >= 0.6 is 23.5 Å². The van der Waals surface area contributed by atoms with E-state index in [1.165, 1.54) is 23.5 Å². The summed E-state index contributed by atoms with van der Waals surface area (Å²) in [4.78, 5) is 16.5. The predicted molar refractivity (Wildman–Crippen MR) is 119 cm³/mol. The predicted octanol–water partition coefficient (Wildman–Crippen LogP) is 5.63. The first kappa shape index (κ1) is 20.6. The van der Waals surface area contributed by atoms with E-state index in [4.69, 9.17) is 9.47 Å². The van der Waals surface area contributed by atoms with Crippen LogP contribution in [0.3, 0.4) is 0 Å². The molecular weight excluding hydrogens is 390 g/mol. The first-order valence-electron chi connectivity index (χ1n) is 9.05. The molecule has 0 spiro atoms. The molecule has 0 unspecified atom stereocenters. The van der Waals surface area contributed by atoms with Crippen molar-refractivity contribution in [1.29, 1.82) is 0 Å². The van der Waals surface area contributed by atoms with Crippen molar-refractivity contribution in [2.24, 2.45) is 10.9 Å². The van der Waals surface area contributed by atoms with Gasteiger partial charge in [0.05, 0.1) is 11.5 Å². The SMILES string of the molecule is CSC1=NC(=O)/C(=C\c2ccc(OCc3ccccc3OCC(C)C)cc2)S1. The maximum Gasteiger partial charge on any atom is 0.285 e. The van der Waals surface area contributed by atoms with Crippen LogP contribution in [0.4, 0.5) is 0 Å². The number of aliphatic imine (C=N–C) groups is 1. The molecule has 0 radical (unpaired) electrons. The number of hydrogen-bond donors (Lipinski definition) is 0. The van der Waals surface area contributed by atoms with Crippen LogP contribution in [-0.2, 0) is 11.4 Å². The molecule has 0 bridgehead atoms. The minimum atomic E-state index is -0.173. The molecule has 1 aliphatic rings. The highest BCUT2D eigenvalue weighted by molar-refractivity contribution is 8.40. The highest BCUT2D eigenvalue weighted by atomic mass is 32.2. The minimum Gasteiger partial charge on any atom is -0.493 e. The molecule has 1 aliphatic heterocycles. The van der Waals surface area contributed by atoms with Crippen LogP contribution < -0.4 is 9.47 Å². The average molecular weight is 414 g/mol. The third kappa shape index (κ3) is 5.66. The lowest BCUT2D eigenvalue weighted by molar-refractivity contribution is -0.113. The fraction of sp³-hybridized carbons (Fsp3) is 0.273. The number of carbonyl (C=O) groups is 1. The number of thioether (sulfide) groups is 2. The number of para-hydroxylation sites is 1. The summed E-state index contributed by atoms with van der Waals surface area (Å²) in [7, 11) is 0. The standard InChI is InChI=1S/C22H23NO3S2/c1-15(2)13-26-19-7-5-4-6-17(19)14-25-18-10-8-16(9-11-18)12-20-21(24)23-22(27-3)28-20/h4-12,15H,13-14H2,1-3H3/b20-12+. The lowest BCUT2D eigenvalue weighted by Crippen LogP contribution is -2.07. The first-order valence-corrected chi connectivity index (χ1v) is 11.1. The van der Waals surface area contributed by atoms with Crippen molar-refractivity contribution in [3.05, 3.63) is 64.6 Å². The van der Waals surface area contributed by atoms with E-state index in [-0.39, 0.29) is 5.91 Å². The van der Waals surface area contributed by atoms with Crippen LogP contribution in [0.2, 0.25) is 0 Å². The second-order valence-corrected chi connectivity index (χ2v) is 8.75. The average Bonchev–Trinajstić information content (AvgIpc) is 3.06. The Morgan fingerprint density at radius 1 is 1.11 bits per heavy atom. The summed E-state index contributed by atoms with van der Waals surface area (Å²) in [5.74, 6) is 1.93. The first-order chi connectivity index (χ1) is 13.5. The smallest absolute Gasteiger partial charge is 0.285 e. The molecule has 0 aliphatic carbocycles. The number of amides is 1. The Morgan fingerprint density at radius 3 is 2.54 bits per heavy atom. The van der Waals surface area contributed by atoms with Gasteiger partial charge in [-0.25, -0.2) is 0 Å². The summed E-state index contributed by atoms with van der Waals surface area (Å²) in [6.07, 6.45) is 3.78. The summed E-state index contributed by atoms with van der Waals surface area (Å²) in [5, 5.41) is 0. The minimum absolute atomic E-state index is 0.173. The molecular formula is C22H23NO3S2. The molecule has 3 rings (SSSR count). The van der Waals surface area contributed by atoms with E-state index in [1.807, 2.05) is 60.9 Å². The van der Waals surface area contributed by atoms with Gasteiger partial charge in [0, 0.05) is 5.56 Å². The summed E-state index contributed by atoms with van der Waals surface area (Å²) in [5.41, 5.74) is 1.96. The quantitative estimate of drug-likeness (QED) is 0.550. The van der Waals surface area contributed by atoms with Gasteiger partial charge in [-0.05, 0) is 42.0 Å². The van der Waals surface area contributed by atoms with E-state index >= 15 is 0 Å². The van der Waals surface area contributed by atoms with Crippen molar-refractivity contribution < 1.29 is 14.3 Å². The molecule has 146 valence electrons. The summed E-state index contributed by atoms with van der Waals surface area (Å²) in [6.45, 7) is 5.37. The number of rotatable bonds is 7. The molecule has 0 aromatic heterocycles. The highest BCUT2D eigenvalue weighted by Gasteiger charge is 2.20. The largest absolute Gasteiger partial charge is 0.493 e. The van der Waals surface area contributed by atoms with Crippen molar-refractivity contribution in [1.82, 2.24) is 0 Å². The molecule has 0 atom stereocenters. The number of ether oxygens (including phenoxy) is 2. The summed E-state index contributed by atoms with van der Waals surface area (Å²) >= 11 is 2.90. The van der Waals surface area contributed by atoms with Crippen LogP contribution in [0.25, 0.3) is 6.08 Å². The third-order valence-electron chi connectivity index (χ3n) is 3.89. The number of nitrogens with zero attached hydrogens (tertiary/aromatic N) is 1. The van der Waals surface area contributed by atoms with E-state index in [1.54, 1.807) is 0 Å². The molecule has 0 saturated heterocycles. The molecule has 0 saturated carbocycles. The van der Waals surface area contributed by atoms with Crippen molar-refractivity contribution in [3.8, 4) is 11.5 Å². The molecule has 2 aromatic rings. The van der Waals surface area contributed by atoms with Crippen molar-refractivity contribution in [2.45, 2.75) is 20.5 Å². The Hall–Kier alpha value is -2.18. The Bertz CT molecular complexity index is 889. The monoisotopic (exact) mass is 413 g/mol. The molecule has 4 nitrogen and oxygen atoms in total. The van der Waals surface area contributed by atoms with E-state index in [2.05, 4.69) is 18.8 Å². The lowest BCUT2D eigenvalue weighted by Gasteiger charge is -2.14. The Labute approximate surface area is 174 Å². The Balaban J connectivity index is 1.61. The Morgan fingerprint density at radius 2 is 1.86 bits per heavy atom. The van der Waals surface area contributed by atoms with Crippen molar-refractivity contribution in [2.75, 3.05) is 12.9 Å². The van der Waals surface area contributed by atoms with Crippen LogP contribution in [0.1, 0.15) is 25.0 Å². The van der Waals surface area contributed by atoms with Crippen LogP contribution in [0, 0.1) is 5.92 Å². The van der Waals surface area contributed by atoms with E-state index in [0.29, 0.717) is 24.0 Å². The van der Waals surface area contributed by atoms with Gasteiger partial charge in [0.15, 0.2) is 0 Å². The van der Waals surface area contributed by atoms with Gasteiger partial charge in [0.25, 0.3) is 5.91 Å².